The van der Waals surface area contributed by atoms with Gasteiger partial charge in [-0.15, -0.1) is 0 Å². The third-order valence-corrected chi connectivity index (χ3v) is 7.19. The molecule has 162 valence electrons. The number of carbonyl (C=O) groups is 1. The number of hydrogen-bond acceptors (Lipinski definition) is 7. The van der Waals surface area contributed by atoms with Gasteiger partial charge in [-0.3, -0.25) is 9.52 Å². The van der Waals surface area contributed by atoms with Crippen LogP contribution in [0.4, 0.5) is 5.69 Å². The summed E-state index contributed by atoms with van der Waals surface area (Å²) in [7, 11) is -6.19. The normalized spacial score (nSPS) is 14.2. The number of anilines is 1. The highest BCUT2D eigenvalue weighted by Gasteiger charge is 2.28. The lowest BCUT2D eigenvalue weighted by atomic mass is 10.3. The fourth-order valence-corrected chi connectivity index (χ4v) is 4.84. The Balaban J connectivity index is 1.62. The molecule has 1 saturated carbocycles. The van der Waals surface area contributed by atoms with Gasteiger partial charge in [-0.25, -0.2) is 21.6 Å². The summed E-state index contributed by atoms with van der Waals surface area (Å²) < 4.78 is 64.3. The van der Waals surface area contributed by atoms with E-state index in [4.69, 9.17) is 4.74 Å². The SMILES string of the molecule is COC(=O)CCOc1ccc(S(=O)(=O)Nc2ccc(S(=O)(=O)NC3CC3)cc2)cc1. The molecular formula is C19H22N2O7S2. The molecule has 2 aromatic carbocycles. The molecule has 2 aromatic rings. The van der Waals surface area contributed by atoms with Crippen LogP contribution in [0.1, 0.15) is 19.3 Å². The number of benzene rings is 2. The summed E-state index contributed by atoms with van der Waals surface area (Å²) in [5.41, 5.74) is 0.235. The first-order valence-corrected chi connectivity index (χ1v) is 12.1. The lowest BCUT2D eigenvalue weighted by Crippen LogP contribution is -2.25. The third kappa shape index (κ3) is 5.94. The van der Waals surface area contributed by atoms with Crippen LogP contribution in [0.5, 0.6) is 5.75 Å². The number of carbonyl (C=O) groups excluding carboxylic acids is 1. The van der Waals surface area contributed by atoms with Crippen molar-refractivity contribution in [2.75, 3.05) is 18.4 Å². The van der Waals surface area contributed by atoms with Gasteiger partial charge in [-0.2, -0.15) is 0 Å². The second kappa shape index (κ2) is 9.02. The number of nitrogens with one attached hydrogen (secondary N) is 2. The van der Waals surface area contributed by atoms with Crippen LogP contribution in [0.15, 0.2) is 58.3 Å². The number of methoxy groups -OCH3 is 1. The quantitative estimate of drug-likeness (QED) is 0.525. The standard InChI is InChI=1S/C19H22N2O7S2/c1-27-19(22)12-13-28-16-6-10-18(11-7-16)30(25,26)21-15-4-8-17(9-5-15)29(23,24)20-14-2-3-14/h4-11,14,20-21H,2-3,12-13H2,1H3. The molecule has 0 aliphatic heterocycles. The van der Waals surface area contributed by atoms with E-state index in [-0.39, 0.29) is 34.5 Å². The molecule has 0 atom stereocenters. The minimum atomic E-state index is -3.87. The summed E-state index contributed by atoms with van der Waals surface area (Å²) in [4.78, 5) is 11.1. The zero-order valence-electron chi connectivity index (χ0n) is 16.2. The predicted octanol–water partition coefficient (Wildman–Crippen LogP) is 1.87. The van der Waals surface area contributed by atoms with Crippen LogP contribution in [0.25, 0.3) is 0 Å². The summed E-state index contributed by atoms with van der Waals surface area (Å²) in [6, 6.07) is 11.2. The minimum absolute atomic E-state index is 0.00918. The summed E-state index contributed by atoms with van der Waals surface area (Å²) >= 11 is 0. The van der Waals surface area contributed by atoms with Crippen LogP contribution >= 0.6 is 0 Å². The van der Waals surface area contributed by atoms with E-state index in [9.17, 15) is 21.6 Å². The van der Waals surface area contributed by atoms with Crippen molar-refractivity contribution in [2.24, 2.45) is 0 Å². The zero-order valence-corrected chi connectivity index (χ0v) is 17.8. The molecule has 1 aliphatic rings. The molecule has 0 aromatic heterocycles. The van der Waals surface area contributed by atoms with Gasteiger partial charge in [-0.1, -0.05) is 0 Å². The predicted molar refractivity (Wildman–Crippen MR) is 109 cm³/mol. The van der Waals surface area contributed by atoms with E-state index >= 15 is 0 Å². The molecule has 2 N–H and O–H groups in total. The maximum Gasteiger partial charge on any atom is 0.308 e. The van der Waals surface area contributed by atoms with Crippen LogP contribution in [0, 0.1) is 0 Å². The topological polar surface area (TPSA) is 128 Å². The monoisotopic (exact) mass is 454 g/mol. The molecule has 0 saturated heterocycles. The Hall–Kier alpha value is -2.63. The molecule has 11 heteroatoms. The first kappa shape index (κ1) is 22.1. The van der Waals surface area contributed by atoms with Crippen LogP contribution < -0.4 is 14.2 Å². The smallest absolute Gasteiger partial charge is 0.308 e. The number of ether oxygens (including phenoxy) is 2. The van der Waals surface area contributed by atoms with Gasteiger partial charge in [0.05, 0.1) is 29.9 Å². The fraction of sp³-hybridized carbons (Fsp3) is 0.316. The van der Waals surface area contributed by atoms with Gasteiger partial charge in [0, 0.05) is 11.7 Å². The Kier molecular flexibility index (Phi) is 6.64. The molecule has 1 fully saturated rings. The fourth-order valence-electron chi connectivity index (χ4n) is 2.47. The van der Waals surface area contributed by atoms with Crippen LogP contribution in [-0.2, 0) is 29.6 Å². The van der Waals surface area contributed by atoms with Crippen LogP contribution in [0.2, 0.25) is 0 Å². The highest BCUT2D eigenvalue weighted by Crippen LogP contribution is 2.24. The number of hydrogen-bond donors (Lipinski definition) is 2. The summed E-state index contributed by atoms with van der Waals surface area (Å²) in [5, 5.41) is 0. The van der Waals surface area contributed by atoms with E-state index in [1.165, 1.54) is 55.6 Å². The molecule has 0 amide bonds. The van der Waals surface area contributed by atoms with Gasteiger partial charge in [0.1, 0.15) is 5.75 Å². The number of sulfonamides is 2. The zero-order chi connectivity index (χ0) is 21.8. The number of esters is 1. The maximum atomic E-state index is 12.5. The molecule has 0 heterocycles. The lowest BCUT2D eigenvalue weighted by Gasteiger charge is -2.10. The first-order valence-electron chi connectivity index (χ1n) is 9.14. The molecule has 30 heavy (non-hydrogen) atoms. The third-order valence-electron chi connectivity index (χ3n) is 4.25. The summed E-state index contributed by atoms with van der Waals surface area (Å²) in [6.45, 7) is 0.113. The largest absolute Gasteiger partial charge is 0.493 e. The van der Waals surface area contributed by atoms with E-state index in [1.54, 1.807) is 0 Å². The molecular weight excluding hydrogens is 432 g/mol. The van der Waals surface area contributed by atoms with Gasteiger partial charge in [-0.05, 0) is 61.4 Å². The average Bonchev–Trinajstić information content (AvgIpc) is 3.51. The Morgan fingerprint density at radius 3 is 2.07 bits per heavy atom. The summed E-state index contributed by atoms with van der Waals surface area (Å²) in [5.74, 6) is 0.0103. The molecule has 0 bridgehead atoms. The molecule has 0 spiro atoms. The second-order valence-electron chi connectivity index (χ2n) is 6.67. The van der Waals surface area contributed by atoms with Crippen molar-refractivity contribution >= 4 is 31.7 Å². The highest BCUT2D eigenvalue weighted by atomic mass is 32.2. The lowest BCUT2D eigenvalue weighted by molar-refractivity contribution is -0.141. The number of rotatable bonds is 10. The molecule has 0 unspecified atom stereocenters. The van der Waals surface area contributed by atoms with Crippen molar-refractivity contribution in [1.29, 1.82) is 0 Å². The molecule has 1 aliphatic carbocycles. The van der Waals surface area contributed by atoms with Gasteiger partial charge >= 0.3 is 5.97 Å². The van der Waals surface area contributed by atoms with Crippen molar-refractivity contribution in [3.8, 4) is 5.75 Å². The van der Waals surface area contributed by atoms with E-state index in [0.717, 1.165) is 12.8 Å². The van der Waals surface area contributed by atoms with Crippen molar-refractivity contribution < 1.29 is 31.1 Å². The van der Waals surface area contributed by atoms with Gasteiger partial charge in [0.15, 0.2) is 0 Å². The van der Waals surface area contributed by atoms with Crippen molar-refractivity contribution in [1.82, 2.24) is 4.72 Å². The summed E-state index contributed by atoms with van der Waals surface area (Å²) in [6.07, 6.45) is 1.73. The van der Waals surface area contributed by atoms with E-state index in [1.807, 2.05) is 0 Å². The minimum Gasteiger partial charge on any atom is -0.493 e. The Morgan fingerprint density at radius 2 is 1.50 bits per heavy atom. The van der Waals surface area contributed by atoms with Gasteiger partial charge < -0.3 is 9.47 Å². The van der Waals surface area contributed by atoms with E-state index < -0.39 is 26.0 Å². The average molecular weight is 455 g/mol. The van der Waals surface area contributed by atoms with E-state index in [0.29, 0.717) is 5.75 Å². The van der Waals surface area contributed by atoms with Crippen LogP contribution in [0.3, 0.4) is 0 Å². The van der Waals surface area contributed by atoms with Crippen LogP contribution in [-0.4, -0.2) is 42.6 Å². The van der Waals surface area contributed by atoms with Gasteiger partial charge in [0.25, 0.3) is 10.0 Å². The maximum absolute atomic E-state index is 12.5. The highest BCUT2D eigenvalue weighted by molar-refractivity contribution is 7.92. The van der Waals surface area contributed by atoms with Crippen molar-refractivity contribution in [2.45, 2.75) is 35.1 Å². The Labute approximate surface area is 175 Å². The van der Waals surface area contributed by atoms with Crippen molar-refractivity contribution in [3.63, 3.8) is 0 Å². The second-order valence-corrected chi connectivity index (χ2v) is 10.1. The Bertz CT molecular complexity index is 1090. The van der Waals surface area contributed by atoms with Crippen molar-refractivity contribution in [3.05, 3.63) is 48.5 Å². The molecule has 3 rings (SSSR count). The first-order chi connectivity index (χ1) is 14.2. The molecule has 0 radical (unpaired) electrons. The van der Waals surface area contributed by atoms with Gasteiger partial charge in [0.2, 0.25) is 10.0 Å². The van der Waals surface area contributed by atoms with E-state index in [2.05, 4.69) is 14.2 Å². The molecule has 9 nitrogen and oxygen atoms in total. The Morgan fingerprint density at radius 1 is 0.933 bits per heavy atom.